The molecule has 3 heteroatoms. The van der Waals surface area contributed by atoms with Gasteiger partial charge in [0.05, 0.1) is 5.69 Å². The Labute approximate surface area is 87.4 Å². The molecule has 0 unspecified atom stereocenters. The first-order valence-electron chi connectivity index (χ1n) is 4.23. The molecule has 0 aliphatic rings. The van der Waals surface area contributed by atoms with Gasteiger partial charge in [-0.15, -0.1) is 0 Å². The van der Waals surface area contributed by atoms with Gasteiger partial charge in [0.25, 0.3) is 0 Å². The van der Waals surface area contributed by atoms with Crippen LogP contribution in [0.1, 0.15) is 0 Å². The van der Waals surface area contributed by atoms with Gasteiger partial charge in [0.15, 0.2) is 0 Å². The van der Waals surface area contributed by atoms with E-state index in [1.165, 1.54) is 0 Å². The van der Waals surface area contributed by atoms with E-state index in [2.05, 4.69) is 4.98 Å². The Morgan fingerprint density at radius 1 is 1.14 bits per heavy atom. The fourth-order valence-electron chi connectivity index (χ4n) is 1.30. The van der Waals surface area contributed by atoms with Gasteiger partial charge >= 0.3 is 0 Å². The molecule has 0 amide bonds. The van der Waals surface area contributed by atoms with Gasteiger partial charge in [-0.05, 0) is 12.1 Å². The number of benzene rings is 1. The normalized spacial score (nSPS) is 10.1. The van der Waals surface area contributed by atoms with E-state index in [0.717, 1.165) is 11.1 Å². The first-order chi connectivity index (χ1) is 6.77. The summed E-state index contributed by atoms with van der Waals surface area (Å²) in [6, 6.07) is 9.48. The third-order valence-electron chi connectivity index (χ3n) is 1.94. The number of aromatic nitrogens is 1. The van der Waals surface area contributed by atoms with Crippen LogP contribution in [0.5, 0.6) is 0 Å². The minimum Gasteiger partial charge on any atom is -0.397 e. The van der Waals surface area contributed by atoms with Gasteiger partial charge in [-0.2, -0.15) is 0 Å². The third-order valence-corrected chi connectivity index (χ3v) is 2.27. The van der Waals surface area contributed by atoms with Crippen molar-refractivity contribution < 1.29 is 0 Å². The molecule has 1 aromatic heterocycles. The fraction of sp³-hybridized carbons (Fsp3) is 0. The second-order valence-corrected chi connectivity index (χ2v) is 3.39. The molecule has 2 nitrogen and oxygen atoms in total. The van der Waals surface area contributed by atoms with Crippen LogP contribution in [0.4, 0.5) is 5.69 Å². The van der Waals surface area contributed by atoms with Crippen LogP contribution < -0.4 is 5.73 Å². The smallest absolute Gasteiger partial charge is 0.0506 e. The Hall–Kier alpha value is -1.54. The van der Waals surface area contributed by atoms with E-state index in [9.17, 15) is 0 Å². The summed E-state index contributed by atoms with van der Waals surface area (Å²) in [4.78, 5) is 4.02. The number of hydrogen-bond acceptors (Lipinski definition) is 2. The SMILES string of the molecule is Nc1cncc(-c2ccccc2Cl)c1. The molecule has 1 heterocycles. The molecule has 0 atom stereocenters. The van der Waals surface area contributed by atoms with E-state index in [-0.39, 0.29) is 0 Å². The van der Waals surface area contributed by atoms with Gasteiger partial charge in [0.1, 0.15) is 0 Å². The van der Waals surface area contributed by atoms with Crippen molar-refractivity contribution in [1.82, 2.24) is 4.98 Å². The lowest BCUT2D eigenvalue weighted by Crippen LogP contribution is -1.87. The lowest BCUT2D eigenvalue weighted by molar-refractivity contribution is 1.33. The van der Waals surface area contributed by atoms with E-state index >= 15 is 0 Å². The molecule has 0 fully saturated rings. The van der Waals surface area contributed by atoms with Crippen LogP contribution >= 0.6 is 11.6 Å². The van der Waals surface area contributed by atoms with E-state index in [1.807, 2.05) is 30.3 Å². The van der Waals surface area contributed by atoms with Crippen molar-refractivity contribution in [3.63, 3.8) is 0 Å². The number of nitrogens with zero attached hydrogens (tertiary/aromatic N) is 1. The maximum absolute atomic E-state index is 6.04. The molecule has 0 radical (unpaired) electrons. The average molecular weight is 205 g/mol. The highest BCUT2D eigenvalue weighted by atomic mass is 35.5. The van der Waals surface area contributed by atoms with E-state index in [0.29, 0.717) is 10.7 Å². The van der Waals surface area contributed by atoms with Gasteiger partial charge in [-0.25, -0.2) is 0 Å². The van der Waals surface area contributed by atoms with Gasteiger partial charge in [-0.1, -0.05) is 29.8 Å². The highest BCUT2D eigenvalue weighted by molar-refractivity contribution is 6.33. The van der Waals surface area contributed by atoms with Gasteiger partial charge in [-0.3, -0.25) is 4.98 Å². The molecule has 0 saturated carbocycles. The molecule has 14 heavy (non-hydrogen) atoms. The van der Waals surface area contributed by atoms with Gasteiger partial charge in [0.2, 0.25) is 0 Å². The van der Waals surface area contributed by atoms with Crippen molar-refractivity contribution in [2.75, 3.05) is 5.73 Å². The Morgan fingerprint density at radius 3 is 2.64 bits per heavy atom. The minimum absolute atomic E-state index is 0.641. The first kappa shape index (κ1) is 9.03. The van der Waals surface area contributed by atoms with Crippen LogP contribution in [0.25, 0.3) is 11.1 Å². The summed E-state index contributed by atoms with van der Waals surface area (Å²) in [5, 5.41) is 0.708. The Balaban J connectivity index is 2.55. The first-order valence-corrected chi connectivity index (χ1v) is 4.60. The summed E-state index contributed by atoms with van der Waals surface area (Å²) in [5.74, 6) is 0. The Kier molecular flexibility index (Phi) is 2.37. The molecule has 0 spiro atoms. The lowest BCUT2D eigenvalue weighted by Gasteiger charge is -2.03. The standard InChI is InChI=1S/C11H9ClN2/c12-11-4-2-1-3-10(11)8-5-9(13)7-14-6-8/h1-7H,13H2. The molecule has 0 aliphatic carbocycles. The van der Waals surface area contributed by atoms with Crippen LogP contribution in [0, 0.1) is 0 Å². The van der Waals surface area contributed by atoms with Crippen LogP contribution in [-0.4, -0.2) is 4.98 Å². The van der Waals surface area contributed by atoms with Crippen molar-refractivity contribution in [1.29, 1.82) is 0 Å². The summed E-state index contributed by atoms with van der Waals surface area (Å²) in [7, 11) is 0. The molecule has 2 aromatic rings. The van der Waals surface area contributed by atoms with Gasteiger partial charge in [0, 0.05) is 28.5 Å². The lowest BCUT2D eigenvalue weighted by atomic mass is 10.1. The van der Waals surface area contributed by atoms with Crippen LogP contribution in [0.2, 0.25) is 5.02 Å². The van der Waals surface area contributed by atoms with Crippen LogP contribution in [0.15, 0.2) is 42.7 Å². The largest absolute Gasteiger partial charge is 0.397 e. The number of nitrogen functional groups attached to an aromatic ring is 1. The van der Waals surface area contributed by atoms with Crippen LogP contribution in [-0.2, 0) is 0 Å². The number of anilines is 1. The Bertz CT molecular complexity index is 455. The molecule has 1 aromatic carbocycles. The van der Waals surface area contributed by atoms with E-state index in [4.69, 9.17) is 17.3 Å². The quantitative estimate of drug-likeness (QED) is 0.776. The molecule has 0 aliphatic heterocycles. The highest BCUT2D eigenvalue weighted by Gasteiger charge is 2.02. The van der Waals surface area contributed by atoms with Gasteiger partial charge < -0.3 is 5.73 Å². The summed E-state index contributed by atoms with van der Waals surface area (Å²) in [6.07, 6.45) is 3.36. The highest BCUT2D eigenvalue weighted by Crippen LogP contribution is 2.27. The third kappa shape index (κ3) is 1.70. The van der Waals surface area contributed by atoms with Crippen LogP contribution in [0.3, 0.4) is 0 Å². The van der Waals surface area contributed by atoms with Crippen molar-refractivity contribution in [2.45, 2.75) is 0 Å². The zero-order chi connectivity index (χ0) is 9.97. The molecule has 2 rings (SSSR count). The predicted octanol–water partition coefficient (Wildman–Crippen LogP) is 2.98. The maximum Gasteiger partial charge on any atom is 0.0506 e. The zero-order valence-electron chi connectivity index (χ0n) is 7.44. The number of hydrogen-bond donors (Lipinski definition) is 1. The number of rotatable bonds is 1. The molecule has 0 bridgehead atoms. The summed E-state index contributed by atoms with van der Waals surface area (Å²) in [5.41, 5.74) is 8.17. The Morgan fingerprint density at radius 2 is 1.93 bits per heavy atom. The monoisotopic (exact) mass is 204 g/mol. The molecular weight excluding hydrogens is 196 g/mol. The number of nitrogens with two attached hydrogens (primary N) is 1. The predicted molar refractivity (Wildman–Crippen MR) is 59.1 cm³/mol. The summed E-state index contributed by atoms with van der Waals surface area (Å²) in [6.45, 7) is 0. The number of halogens is 1. The van der Waals surface area contributed by atoms with Crippen molar-refractivity contribution in [3.8, 4) is 11.1 Å². The second-order valence-electron chi connectivity index (χ2n) is 2.99. The fourth-order valence-corrected chi connectivity index (χ4v) is 1.55. The molecular formula is C11H9ClN2. The molecule has 70 valence electrons. The topological polar surface area (TPSA) is 38.9 Å². The van der Waals surface area contributed by atoms with E-state index in [1.54, 1.807) is 12.4 Å². The van der Waals surface area contributed by atoms with E-state index < -0.39 is 0 Å². The summed E-state index contributed by atoms with van der Waals surface area (Å²) >= 11 is 6.04. The van der Waals surface area contributed by atoms with Crippen molar-refractivity contribution >= 4 is 17.3 Å². The maximum atomic E-state index is 6.04. The van der Waals surface area contributed by atoms with Crippen molar-refractivity contribution in [3.05, 3.63) is 47.7 Å². The number of pyridine rings is 1. The van der Waals surface area contributed by atoms with Crippen molar-refractivity contribution in [2.24, 2.45) is 0 Å². The molecule has 2 N–H and O–H groups in total. The average Bonchev–Trinajstić information content (AvgIpc) is 2.18. The zero-order valence-corrected chi connectivity index (χ0v) is 8.20. The second kappa shape index (κ2) is 3.68. The molecule has 0 saturated heterocycles. The minimum atomic E-state index is 0.641. The summed E-state index contributed by atoms with van der Waals surface area (Å²) < 4.78 is 0.